The quantitative estimate of drug-likeness (QED) is 0.231. The number of aryl methyl sites for hydroxylation is 1. The molecule has 2 fully saturated rings. The summed E-state index contributed by atoms with van der Waals surface area (Å²) < 4.78 is 11.2. The molecule has 0 unspecified atom stereocenters. The van der Waals surface area contributed by atoms with Crippen molar-refractivity contribution in [1.29, 1.82) is 0 Å². The van der Waals surface area contributed by atoms with Crippen LogP contribution in [0.2, 0.25) is 0 Å². The van der Waals surface area contributed by atoms with Crippen LogP contribution in [-0.2, 0) is 24.0 Å². The van der Waals surface area contributed by atoms with Crippen molar-refractivity contribution < 1.29 is 37.9 Å². The van der Waals surface area contributed by atoms with E-state index in [-0.39, 0.29) is 25.1 Å². The number of methoxy groups -OCH3 is 1. The van der Waals surface area contributed by atoms with Crippen LogP contribution in [-0.4, -0.2) is 96.2 Å². The summed E-state index contributed by atoms with van der Waals surface area (Å²) in [6.45, 7) is 6.80. The maximum Gasteiger partial charge on any atom is 0.287 e. The van der Waals surface area contributed by atoms with Gasteiger partial charge in [0, 0.05) is 29.6 Å². The van der Waals surface area contributed by atoms with E-state index >= 15 is 0 Å². The summed E-state index contributed by atoms with van der Waals surface area (Å²) >= 11 is 1.51. The largest absolute Gasteiger partial charge is 0.497 e. The van der Waals surface area contributed by atoms with E-state index in [0.717, 1.165) is 5.39 Å². The second-order valence-corrected chi connectivity index (χ2v) is 14.9. The van der Waals surface area contributed by atoms with Gasteiger partial charge in [0.2, 0.25) is 29.5 Å². The topological polar surface area (TPSA) is 188 Å². The Labute approximate surface area is 312 Å². The number of amides is 6. The highest BCUT2D eigenvalue weighted by Crippen LogP contribution is 2.29. The lowest BCUT2D eigenvalue weighted by atomic mass is 10.0. The second kappa shape index (κ2) is 17.2. The van der Waals surface area contributed by atoms with Gasteiger partial charge in [0.25, 0.3) is 5.91 Å². The first-order valence-electron chi connectivity index (χ1n) is 17.7. The molecule has 0 bridgehead atoms. The summed E-state index contributed by atoms with van der Waals surface area (Å²) in [5.41, 5.74) is 1.77. The smallest absolute Gasteiger partial charge is 0.287 e. The van der Waals surface area contributed by atoms with E-state index in [1.54, 1.807) is 63.2 Å². The molecule has 5 N–H and O–H groups in total. The summed E-state index contributed by atoms with van der Waals surface area (Å²) in [4.78, 5) is 84.0. The average Bonchev–Trinajstić information content (AvgIpc) is 3.71. The summed E-state index contributed by atoms with van der Waals surface area (Å²) in [6.07, 6.45) is 2.07. The van der Waals surface area contributed by atoms with Crippen LogP contribution < -0.4 is 31.3 Å². The summed E-state index contributed by atoms with van der Waals surface area (Å²) in [5.74, 6) is -2.37. The fourth-order valence-corrected chi connectivity index (χ4v) is 7.20. The van der Waals surface area contributed by atoms with E-state index in [1.165, 1.54) is 30.7 Å². The summed E-state index contributed by atoms with van der Waals surface area (Å²) in [5, 5.41) is 15.0. The lowest BCUT2D eigenvalue weighted by Crippen LogP contribution is -2.59. The number of carbonyl (C=O) groups is 6. The molecule has 2 saturated heterocycles. The number of hydrogen-bond acceptors (Lipinski definition) is 9. The van der Waals surface area contributed by atoms with E-state index in [1.807, 2.05) is 12.3 Å². The molecule has 0 spiro atoms. The van der Waals surface area contributed by atoms with Gasteiger partial charge in [0.05, 0.1) is 19.6 Å². The Balaban J connectivity index is 1.45. The maximum atomic E-state index is 14.3. The van der Waals surface area contributed by atoms with Crippen molar-refractivity contribution in [2.45, 2.75) is 83.2 Å². The van der Waals surface area contributed by atoms with Crippen molar-refractivity contribution in [3.8, 4) is 5.75 Å². The number of ether oxygens (including phenoxy) is 1. The first-order valence-corrected chi connectivity index (χ1v) is 19.1. The third kappa shape index (κ3) is 9.13. The van der Waals surface area contributed by atoms with Gasteiger partial charge in [-0.05, 0) is 62.3 Å². The molecule has 2 aliphatic heterocycles. The Morgan fingerprint density at radius 3 is 2.42 bits per heavy atom. The Kier molecular flexibility index (Phi) is 12.7. The van der Waals surface area contributed by atoms with Gasteiger partial charge in [-0.25, -0.2) is 0 Å². The number of hydrogen-bond donors (Lipinski definition) is 5. The van der Waals surface area contributed by atoms with Crippen LogP contribution in [0.5, 0.6) is 5.75 Å². The SMILES string of the molecule is COc1ccc2c(C)c(C(=O)N[C@H]3C[C@H]4C(=O)N[C@@H](C)C(=O)N[C@H](c5ccccc5)CC(=O)N[C@@H](CCSC)C(=O)N[C@@H](C(C)C)C(=O)N4C3)oc2c1. The molecular formula is C38H48N6O8S. The highest BCUT2D eigenvalue weighted by molar-refractivity contribution is 7.98. The van der Waals surface area contributed by atoms with Crippen LogP contribution in [0.25, 0.3) is 11.0 Å². The zero-order valence-electron chi connectivity index (χ0n) is 30.8. The molecule has 0 radical (unpaired) electrons. The average molecular weight is 749 g/mol. The van der Waals surface area contributed by atoms with Crippen LogP contribution in [0, 0.1) is 12.8 Å². The first kappa shape index (κ1) is 39.2. The zero-order chi connectivity index (χ0) is 38.4. The highest BCUT2D eigenvalue weighted by atomic mass is 32.2. The van der Waals surface area contributed by atoms with Crippen LogP contribution in [0.4, 0.5) is 0 Å². The Hall–Kier alpha value is -5.05. The van der Waals surface area contributed by atoms with Gasteiger partial charge in [0.1, 0.15) is 35.5 Å². The molecule has 3 heterocycles. The number of carbonyl (C=O) groups excluding carboxylic acids is 6. The molecule has 6 atom stereocenters. The summed E-state index contributed by atoms with van der Waals surface area (Å²) in [7, 11) is 1.53. The zero-order valence-corrected chi connectivity index (χ0v) is 31.6. The molecule has 5 rings (SSSR count). The number of rotatable bonds is 8. The highest BCUT2D eigenvalue weighted by Gasteiger charge is 2.44. The third-order valence-electron chi connectivity index (χ3n) is 9.73. The minimum atomic E-state index is -1.08. The van der Waals surface area contributed by atoms with Crippen LogP contribution in [0.1, 0.15) is 67.8 Å². The van der Waals surface area contributed by atoms with E-state index in [0.29, 0.717) is 34.6 Å². The number of fused-ring (bicyclic) bond motifs is 2. The molecule has 14 nitrogen and oxygen atoms in total. The Morgan fingerprint density at radius 1 is 1.00 bits per heavy atom. The van der Waals surface area contributed by atoms with Crippen molar-refractivity contribution in [2.75, 3.05) is 25.7 Å². The first-order chi connectivity index (χ1) is 25.3. The van der Waals surface area contributed by atoms with Crippen molar-refractivity contribution in [2.24, 2.45) is 5.92 Å². The van der Waals surface area contributed by atoms with Crippen molar-refractivity contribution in [1.82, 2.24) is 31.5 Å². The predicted octanol–water partition coefficient (Wildman–Crippen LogP) is 2.59. The number of nitrogens with zero attached hydrogens (tertiary/aromatic N) is 1. The molecule has 0 aliphatic carbocycles. The number of thioether (sulfide) groups is 1. The van der Waals surface area contributed by atoms with Crippen LogP contribution in [0.15, 0.2) is 52.9 Å². The van der Waals surface area contributed by atoms with Gasteiger partial charge < -0.3 is 40.6 Å². The minimum Gasteiger partial charge on any atom is -0.497 e. The van der Waals surface area contributed by atoms with Gasteiger partial charge >= 0.3 is 0 Å². The molecule has 6 amide bonds. The van der Waals surface area contributed by atoms with E-state index in [9.17, 15) is 28.8 Å². The van der Waals surface area contributed by atoms with Gasteiger partial charge in [-0.2, -0.15) is 11.8 Å². The molecule has 3 aromatic rings. The van der Waals surface area contributed by atoms with Gasteiger partial charge in [0.15, 0.2) is 5.76 Å². The fourth-order valence-electron chi connectivity index (χ4n) is 6.73. The monoisotopic (exact) mass is 748 g/mol. The maximum absolute atomic E-state index is 14.3. The molecule has 2 aromatic carbocycles. The molecule has 2 aliphatic rings. The molecule has 15 heteroatoms. The van der Waals surface area contributed by atoms with Gasteiger partial charge in [-0.15, -0.1) is 0 Å². The van der Waals surface area contributed by atoms with E-state index in [2.05, 4.69) is 26.6 Å². The number of furan rings is 1. The molecule has 1 aromatic heterocycles. The normalized spacial score (nSPS) is 24.7. The van der Waals surface area contributed by atoms with Crippen molar-refractivity contribution in [3.63, 3.8) is 0 Å². The van der Waals surface area contributed by atoms with Crippen molar-refractivity contribution in [3.05, 3.63) is 65.4 Å². The fraction of sp³-hybridized carbons (Fsp3) is 0.474. The van der Waals surface area contributed by atoms with Crippen molar-refractivity contribution >= 4 is 58.2 Å². The molecular weight excluding hydrogens is 701 g/mol. The standard InChI is InChI=1S/C38H48N6O8S/c1-20(2)32-38(50)44-19-24(40-37(49)33-21(3)26-13-12-25(51-5)17-30(26)52-33)16-29(44)36(48)39-22(4)34(46)42-28(23-10-8-7-9-11-23)18-31(45)41-27(14-15-53-6)35(47)43-32/h7-13,17,20,22,24,27-29,32H,14-16,18-19H2,1-6H3,(H,39,48)(H,40,49)(H,41,45)(H,42,46)(H,43,47)/t22-,24-,27-,28-,29-,32-/m0/s1. The molecule has 0 saturated carbocycles. The number of benzene rings is 2. The van der Waals surface area contributed by atoms with Gasteiger partial charge in [-0.3, -0.25) is 28.8 Å². The van der Waals surface area contributed by atoms with Gasteiger partial charge in [-0.1, -0.05) is 44.2 Å². The Bertz CT molecular complexity index is 1850. The van der Waals surface area contributed by atoms with E-state index in [4.69, 9.17) is 9.15 Å². The van der Waals surface area contributed by atoms with E-state index < -0.39 is 77.6 Å². The Morgan fingerprint density at radius 2 is 1.74 bits per heavy atom. The summed E-state index contributed by atoms with van der Waals surface area (Å²) in [6, 6.07) is 8.67. The van der Waals surface area contributed by atoms with Crippen LogP contribution >= 0.6 is 11.8 Å². The van der Waals surface area contributed by atoms with Crippen LogP contribution in [0.3, 0.4) is 0 Å². The minimum absolute atomic E-state index is 0.0435. The molecule has 53 heavy (non-hydrogen) atoms. The number of nitrogens with one attached hydrogen (secondary N) is 5. The molecule has 284 valence electrons. The lowest BCUT2D eigenvalue weighted by molar-refractivity contribution is -0.143. The third-order valence-corrected chi connectivity index (χ3v) is 10.4. The lowest BCUT2D eigenvalue weighted by Gasteiger charge is -2.32. The second-order valence-electron chi connectivity index (χ2n) is 13.9. The predicted molar refractivity (Wildman–Crippen MR) is 200 cm³/mol.